The van der Waals surface area contributed by atoms with E-state index in [1.807, 2.05) is 0 Å². The van der Waals surface area contributed by atoms with E-state index < -0.39 is 11.6 Å². The molecule has 158 valence electrons. The fourth-order valence-electron chi connectivity index (χ4n) is 7.05. The van der Waals surface area contributed by atoms with Gasteiger partial charge in [-0.2, -0.15) is 0 Å². The molecule has 2 heterocycles. The minimum Gasteiger partial charge on any atom is -0.393 e. The van der Waals surface area contributed by atoms with E-state index in [2.05, 4.69) is 19.9 Å². The molecule has 5 rings (SSSR count). The van der Waals surface area contributed by atoms with E-state index in [-0.39, 0.29) is 22.9 Å². The average Bonchev–Trinajstić information content (AvgIpc) is 3.39. The zero-order valence-electron chi connectivity index (χ0n) is 17.5. The molecule has 4 atom stereocenters. The number of rotatable bonds is 3. The van der Waals surface area contributed by atoms with E-state index in [1.54, 1.807) is 0 Å². The normalized spacial score (nSPS) is 42.7. The molecule has 0 aromatic rings. The van der Waals surface area contributed by atoms with Gasteiger partial charge in [0.1, 0.15) is 0 Å². The summed E-state index contributed by atoms with van der Waals surface area (Å²) in [6.07, 6.45) is 10.9. The van der Waals surface area contributed by atoms with Gasteiger partial charge in [0.15, 0.2) is 11.6 Å². The van der Waals surface area contributed by atoms with Crippen molar-refractivity contribution in [2.24, 2.45) is 16.7 Å². The van der Waals surface area contributed by atoms with Crippen molar-refractivity contribution < 1.29 is 24.1 Å². The molecule has 2 saturated heterocycles. The Morgan fingerprint density at radius 1 is 1.00 bits per heavy atom. The topological polar surface area (TPSA) is 57.2 Å². The van der Waals surface area contributed by atoms with Crippen LogP contribution in [0.2, 0.25) is 0 Å². The Kier molecular flexibility index (Phi) is 4.72. The molecule has 2 saturated carbocycles. The molecular weight excluding hydrogens is 356 g/mol. The maximum absolute atomic E-state index is 11.5. The average molecular weight is 393 g/mol. The summed E-state index contributed by atoms with van der Waals surface area (Å²) < 4.78 is 24.2. The Balaban J connectivity index is 1.34. The summed E-state index contributed by atoms with van der Waals surface area (Å²) in [4.78, 5) is 0. The van der Waals surface area contributed by atoms with Gasteiger partial charge in [-0.05, 0) is 49.9 Å². The highest BCUT2D eigenvalue weighted by molar-refractivity contribution is 5.24. The van der Waals surface area contributed by atoms with E-state index >= 15 is 0 Å². The van der Waals surface area contributed by atoms with Gasteiger partial charge in [0.05, 0.1) is 32.5 Å². The molecule has 4 fully saturated rings. The fraction of sp³-hybridized carbons (Fsp3) is 0.913. The van der Waals surface area contributed by atoms with Gasteiger partial charge in [0.25, 0.3) is 0 Å². The highest BCUT2D eigenvalue weighted by Gasteiger charge is 2.58. The first-order valence-corrected chi connectivity index (χ1v) is 11.3. The zero-order chi connectivity index (χ0) is 19.5. The van der Waals surface area contributed by atoms with E-state index in [4.69, 9.17) is 18.9 Å². The summed E-state index contributed by atoms with van der Waals surface area (Å²) >= 11 is 0. The summed E-state index contributed by atoms with van der Waals surface area (Å²) in [5.74, 6) is -0.586. The Hall–Kier alpha value is -0.460. The second kappa shape index (κ2) is 6.78. The summed E-state index contributed by atoms with van der Waals surface area (Å²) in [6, 6.07) is 0. The van der Waals surface area contributed by atoms with Gasteiger partial charge in [-0.1, -0.05) is 25.5 Å². The first-order valence-electron chi connectivity index (χ1n) is 11.3. The monoisotopic (exact) mass is 392 g/mol. The number of fused-ring (bicyclic) bond motifs is 1. The third-order valence-corrected chi connectivity index (χ3v) is 8.75. The minimum absolute atomic E-state index is 0.0394. The number of ether oxygens (including phenoxy) is 4. The number of hydrogen-bond acceptors (Lipinski definition) is 5. The Bertz CT molecular complexity index is 627. The van der Waals surface area contributed by atoms with Crippen molar-refractivity contribution in [1.29, 1.82) is 0 Å². The van der Waals surface area contributed by atoms with Crippen LogP contribution >= 0.6 is 0 Å². The molecule has 5 aliphatic rings. The van der Waals surface area contributed by atoms with Crippen LogP contribution in [0.3, 0.4) is 0 Å². The number of hydrogen-bond donors (Lipinski definition) is 1. The summed E-state index contributed by atoms with van der Waals surface area (Å²) in [5, 5.41) is 11.5. The van der Waals surface area contributed by atoms with Gasteiger partial charge in [0.2, 0.25) is 0 Å². The van der Waals surface area contributed by atoms with Crippen molar-refractivity contribution in [1.82, 2.24) is 0 Å². The van der Waals surface area contributed by atoms with Crippen molar-refractivity contribution in [2.75, 3.05) is 26.4 Å². The molecule has 1 N–H and O–H groups in total. The smallest absolute Gasteiger partial charge is 0.173 e. The maximum atomic E-state index is 11.5. The molecule has 3 aliphatic carbocycles. The standard InChI is InChI=1S/C23H36O5/c1-20(7-4-8-23(20)27-13-14-28-23)16-19(24)18-6-3-5-17-15-22(25-11-12-26-22)10-9-21(17,18)2/h5,18-19,24H,3-4,6-16H2,1-2H3. The summed E-state index contributed by atoms with van der Waals surface area (Å²) in [5.41, 5.74) is 1.38. The molecule has 0 aromatic carbocycles. The third kappa shape index (κ3) is 2.84. The van der Waals surface area contributed by atoms with E-state index in [1.165, 1.54) is 5.57 Å². The molecule has 0 amide bonds. The molecule has 28 heavy (non-hydrogen) atoms. The van der Waals surface area contributed by atoms with Crippen LogP contribution in [0.25, 0.3) is 0 Å². The maximum Gasteiger partial charge on any atom is 0.173 e. The molecule has 2 spiro atoms. The Labute approximate surface area is 168 Å². The van der Waals surface area contributed by atoms with Gasteiger partial charge < -0.3 is 24.1 Å². The van der Waals surface area contributed by atoms with E-state index in [0.717, 1.165) is 57.8 Å². The predicted molar refractivity (Wildman–Crippen MR) is 105 cm³/mol. The van der Waals surface area contributed by atoms with Crippen molar-refractivity contribution in [3.8, 4) is 0 Å². The van der Waals surface area contributed by atoms with Crippen LogP contribution in [0.4, 0.5) is 0 Å². The number of allylic oxidation sites excluding steroid dienone is 1. The lowest BCUT2D eigenvalue weighted by atomic mass is 9.56. The SMILES string of the molecule is CC12CCC3(CC1=CCCC2C(O)CC1(C)CCCC12OCCO2)OCCO3. The van der Waals surface area contributed by atoms with Gasteiger partial charge in [0, 0.05) is 24.7 Å². The summed E-state index contributed by atoms with van der Waals surface area (Å²) in [7, 11) is 0. The van der Waals surface area contributed by atoms with E-state index in [0.29, 0.717) is 26.4 Å². The van der Waals surface area contributed by atoms with Crippen LogP contribution in [0.5, 0.6) is 0 Å². The molecule has 5 nitrogen and oxygen atoms in total. The molecule has 5 heteroatoms. The highest BCUT2D eigenvalue weighted by Crippen LogP contribution is 2.59. The Morgan fingerprint density at radius 3 is 2.46 bits per heavy atom. The third-order valence-electron chi connectivity index (χ3n) is 8.75. The predicted octanol–water partition coefficient (Wildman–Crippen LogP) is 3.94. The summed E-state index contributed by atoms with van der Waals surface area (Å²) in [6.45, 7) is 7.41. The Morgan fingerprint density at radius 2 is 1.71 bits per heavy atom. The second-order valence-electron chi connectivity index (χ2n) is 10.3. The van der Waals surface area contributed by atoms with Gasteiger partial charge >= 0.3 is 0 Å². The van der Waals surface area contributed by atoms with Crippen LogP contribution in [0.1, 0.15) is 71.6 Å². The lowest BCUT2D eigenvalue weighted by molar-refractivity contribution is -0.227. The van der Waals surface area contributed by atoms with Crippen molar-refractivity contribution >= 4 is 0 Å². The molecule has 2 aliphatic heterocycles. The van der Waals surface area contributed by atoms with E-state index in [9.17, 15) is 5.11 Å². The van der Waals surface area contributed by atoms with Crippen molar-refractivity contribution in [3.05, 3.63) is 11.6 Å². The van der Waals surface area contributed by atoms with Crippen LogP contribution in [-0.2, 0) is 18.9 Å². The van der Waals surface area contributed by atoms with Crippen LogP contribution in [0, 0.1) is 16.7 Å². The fourth-order valence-corrected chi connectivity index (χ4v) is 7.05. The van der Waals surface area contributed by atoms with Gasteiger partial charge in [-0.15, -0.1) is 0 Å². The lowest BCUT2D eigenvalue weighted by Gasteiger charge is -2.52. The quantitative estimate of drug-likeness (QED) is 0.737. The van der Waals surface area contributed by atoms with Crippen molar-refractivity contribution in [3.63, 3.8) is 0 Å². The zero-order valence-corrected chi connectivity index (χ0v) is 17.5. The highest BCUT2D eigenvalue weighted by atomic mass is 16.7. The first kappa shape index (κ1) is 19.5. The second-order valence-corrected chi connectivity index (χ2v) is 10.3. The van der Waals surface area contributed by atoms with Crippen LogP contribution < -0.4 is 0 Å². The molecule has 0 bridgehead atoms. The molecular formula is C23H36O5. The van der Waals surface area contributed by atoms with Crippen LogP contribution in [0.15, 0.2) is 11.6 Å². The van der Waals surface area contributed by atoms with Crippen LogP contribution in [-0.4, -0.2) is 49.2 Å². The lowest BCUT2D eigenvalue weighted by Crippen LogP contribution is -2.50. The number of aliphatic hydroxyl groups is 1. The number of aliphatic hydroxyl groups excluding tert-OH is 1. The van der Waals surface area contributed by atoms with Gasteiger partial charge in [-0.25, -0.2) is 0 Å². The molecule has 0 radical (unpaired) electrons. The molecule has 4 unspecified atom stereocenters. The minimum atomic E-state index is -0.468. The largest absolute Gasteiger partial charge is 0.393 e. The van der Waals surface area contributed by atoms with Gasteiger partial charge in [-0.3, -0.25) is 0 Å². The first-order chi connectivity index (χ1) is 13.4. The molecule has 0 aromatic heterocycles. The van der Waals surface area contributed by atoms with Crippen molar-refractivity contribution in [2.45, 2.75) is 89.3 Å².